The number of amides is 1. The van der Waals surface area contributed by atoms with Crippen LogP contribution in [0.5, 0.6) is 5.75 Å². The molecule has 0 saturated heterocycles. The highest BCUT2D eigenvalue weighted by atomic mass is 35.5. The average Bonchev–Trinajstić information content (AvgIpc) is 2.48. The summed E-state index contributed by atoms with van der Waals surface area (Å²) in [6.07, 6.45) is 0. The largest absolute Gasteiger partial charge is 0.496 e. The van der Waals surface area contributed by atoms with Gasteiger partial charge in [0.05, 0.1) is 18.4 Å². The minimum atomic E-state index is -0.438. The van der Waals surface area contributed by atoms with Gasteiger partial charge in [0.25, 0.3) is 5.91 Å². The monoisotopic (exact) mass is 339 g/mol. The first-order chi connectivity index (χ1) is 10.1. The van der Waals surface area contributed by atoms with Crippen LogP contribution in [0, 0.1) is 0 Å². The van der Waals surface area contributed by atoms with Crippen molar-refractivity contribution in [2.75, 3.05) is 7.11 Å². The molecule has 0 saturated carbocycles. The maximum atomic E-state index is 12.2. The molecule has 5 nitrogen and oxygen atoms in total. The number of nitrogens with two attached hydrogens (primary N) is 1. The molecular weight excluding hydrogens is 325 g/mol. The van der Waals surface area contributed by atoms with Crippen LogP contribution in [0.3, 0.4) is 0 Å². The van der Waals surface area contributed by atoms with Crippen LogP contribution < -0.4 is 15.8 Å². The van der Waals surface area contributed by atoms with Crippen LogP contribution >= 0.6 is 24.0 Å². The van der Waals surface area contributed by atoms with Crippen LogP contribution in [0.4, 0.5) is 5.69 Å². The molecule has 0 aliphatic rings. The van der Waals surface area contributed by atoms with Gasteiger partial charge in [0.15, 0.2) is 0 Å². The van der Waals surface area contributed by atoms with Crippen molar-refractivity contribution in [3.8, 4) is 5.75 Å². The smallest absolute Gasteiger partial charge is 0.261 e. The first-order valence-electron chi connectivity index (χ1n) is 6.14. The summed E-state index contributed by atoms with van der Waals surface area (Å²) in [5.41, 5.74) is 6.65. The topological polar surface area (TPSA) is 76.7 Å². The SMILES string of the molecule is COc1ccc(Cl)cc1C(=O)NC(N)=Nc1ccccc1.Cl. The van der Waals surface area contributed by atoms with Gasteiger partial charge in [-0.1, -0.05) is 29.8 Å². The standard InChI is InChI=1S/C15H14ClN3O2.ClH/c1-21-13-8-7-10(16)9-12(13)14(20)19-15(17)18-11-5-3-2-4-6-11;/h2-9H,1H3,(H3,17,18,19,20);1H. The first-order valence-corrected chi connectivity index (χ1v) is 6.52. The van der Waals surface area contributed by atoms with E-state index in [4.69, 9.17) is 22.1 Å². The lowest BCUT2D eigenvalue weighted by molar-refractivity contribution is 0.0973. The molecule has 2 rings (SSSR count). The number of hydrogen-bond acceptors (Lipinski definition) is 3. The van der Waals surface area contributed by atoms with Crippen molar-refractivity contribution in [2.24, 2.45) is 10.7 Å². The summed E-state index contributed by atoms with van der Waals surface area (Å²) >= 11 is 5.89. The van der Waals surface area contributed by atoms with Gasteiger partial charge in [-0.3, -0.25) is 10.1 Å². The molecule has 0 bridgehead atoms. The fourth-order valence-electron chi connectivity index (χ4n) is 1.71. The molecule has 3 N–H and O–H groups in total. The zero-order chi connectivity index (χ0) is 15.2. The van der Waals surface area contributed by atoms with E-state index in [2.05, 4.69) is 10.3 Å². The van der Waals surface area contributed by atoms with Gasteiger partial charge < -0.3 is 10.5 Å². The van der Waals surface area contributed by atoms with Crippen LogP contribution in [0.2, 0.25) is 5.02 Å². The average molecular weight is 340 g/mol. The zero-order valence-electron chi connectivity index (χ0n) is 11.7. The number of guanidine groups is 1. The number of halogens is 2. The summed E-state index contributed by atoms with van der Waals surface area (Å²) in [5, 5.41) is 2.93. The van der Waals surface area contributed by atoms with E-state index < -0.39 is 5.91 Å². The van der Waals surface area contributed by atoms with Crippen LogP contribution in [0.15, 0.2) is 53.5 Å². The van der Waals surface area contributed by atoms with Crippen molar-refractivity contribution in [2.45, 2.75) is 0 Å². The summed E-state index contributed by atoms with van der Waals surface area (Å²) in [5.74, 6) is -0.0378. The maximum Gasteiger partial charge on any atom is 0.261 e. The molecule has 0 aliphatic carbocycles. The van der Waals surface area contributed by atoms with Crippen molar-refractivity contribution >= 4 is 41.6 Å². The molecule has 2 aromatic rings. The summed E-state index contributed by atoms with van der Waals surface area (Å²) in [4.78, 5) is 16.3. The van der Waals surface area contributed by atoms with Gasteiger partial charge in [-0.2, -0.15) is 0 Å². The number of nitrogens with one attached hydrogen (secondary N) is 1. The van der Waals surface area contributed by atoms with Gasteiger partial charge in [-0.05, 0) is 30.3 Å². The second-order valence-electron chi connectivity index (χ2n) is 4.13. The third-order valence-electron chi connectivity index (χ3n) is 2.65. The van der Waals surface area contributed by atoms with E-state index in [0.717, 1.165) is 0 Å². The van der Waals surface area contributed by atoms with E-state index in [1.54, 1.807) is 24.3 Å². The fraction of sp³-hybridized carbons (Fsp3) is 0.0667. The van der Waals surface area contributed by atoms with Crippen LogP contribution in [0.25, 0.3) is 0 Å². The van der Waals surface area contributed by atoms with Gasteiger partial charge in [-0.15, -0.1) is 12.4 Å². The van der Waals surface area contributed by atoms with E-state index in [1.807, 2.05) is 18.2 Å². The predicted octanol–water partition coefficient (Wildman–Crippen LogP) is 3.15. The number of benzene rings is 2. The molecule has 2 aromatic carbocycles. The Labute approximate surface area is 139 Å². The first kappa shape index (κ1) is 17.8. The van der Waals surface area contributed by atoms with Crippen molar-refractivity contribution in [3.63, 3.8) is 0 Å². The Morgan fingerprint density at radius 1 is 1.23 bits per heavy atom. The third kappa shape index (κ3) is 4.65. The highest BCUT2D eigenvalue weighted by molar-refractivity contribution is 6.31. The van der Waals surface area contributed by atoms with E-state index in [0.29, 0.717) is 16.5 Å². The number of carbonyl (C=O) groups is 1. The van der Waals surface area contributed by atoms with Crippen molar-refractivity contribution < 1.29 is 9.53 Å². The highest BCUT2D eigenvalue weighted by Crippen LogP contribution is 2.22. The Morgan fingerprint density at radius 2 is 1.91 bits per heavy atom. The molecular formula is C15H15Cl2N3O2. The Bertz CT molecular complexity index is 676. The minimum Gasteiger partial charge on any atom is -0.496 e. The molecule has 0 heterocycles. The molecule has 0 spiro atoms. The lowest BCUT2D eigenvalue weighted by Crippen LogP contribution is -2.36. The Kier molecular flexibility index (Phi) is 6.69. The van der Waals surface area contributed by atoms with Crippen molar-refractivity contribution in [3.05, 3.63) is 59.1 Å². The predicted molar refractivity (Wildman–Crippen MR) is 90.4 cm³/mol. The second kappa shape index (κ2) is 8.26. The van der Waals surface area contributed by atoms with Gasteiger partial charge in [0.1, 0.15) is 5.75 Å². The molecule has 0 aliphatic heterocycles. The number of methoxy groups -OCH3 is 1. The number of aliphatic imine (C=N–C) groups is 1. The number of para-hydroxylation sites is 1. The van der Waals surface area contributed by atoms with Crippen LogP contribution in [-0.2, 0) is 0 Å². The normalized spacial score (nSPS) is 10.5. The number of ether oxygens (including phenoxy) is 1. The van der Waals surface area contributed by atoms with Gasteiger partial charge in [0.2, 0.25) is 5.96 Å². The van der Waals surface area contributed by atoms with E-state index >= 15 is 0 Å². The molecule has 7 heteroatoms. The van der Waals surface area contributed by atoms with Gasteiger partial charge >= 0.3 is 0 Å². The lowest BCUT2D eigenvalue weighted by Gasteiger charge is -2.09. The fourth-order valence-corrected chi connectivity index (χ4v) is 1.88. The Balaban J connectivity index is 0.00000242. The Hall–Kier alpha value is -2.24. The van der Waals surface area contributed by atoms with Crippen molar-refractivity contribution in [1.29, 1.82) is 0 Å². The lowest BCUT2D eigenvalue weighted by atomic mass is 10.2. The van der Waals surface area contributed by atoms with Crippen molar-refractivity contribution in [1.82, 2.24) is 5.32 Å². The van der Waals surface area contributed by atoms with E-state index in [1.165, 1.54) is 13.2 Å². The number of hydrogen-bond donors (Lipinski definition) is 2. The van der Waals surface area contributed by atoms with E-state index in [9.17, 15) is 4.79 Å². The summed E-state index contributed by atoms with van der Waals surface area (Å²) < 4.78 is 5.12. The number of carbonyl (C=O) groups excluding carboxylic acids is 1. The second-order valence-corrected chi connectivity index (χ2v) is 4.57. The maximum absolute atomic E-state index is 12.2. The molecule has 22 heavy (non-hydrogen) atoms. The summed E-state index contributed by atoms with van der Waals surface area (Å²) in [6.45, 7) is 0. The van der Waals surface area contributed by atoms with Crippen LogP contribution in [0.1, 0.15) is 10.4 Å². The highest BCUT2D eigenvalue weighted by Gasteiger charge is 2.13. The summed E-state index contributed by atoms with van der Waals surface area (Å²) in [7, 11) is 1.47. The zero-order valence-corrected chi connectivity index (χ0v) is 13.3. The quantitative estimate of drug-likeness (QED) is 0.666. The minimum absolute atomic E-state index is 0. The Morgan fingerprint density at radius 3 is 2.55 bits per heavy atom. The van der Waals surface area contributed by atoms with Crippen LogP contribution in [-0.4, -0.2) is 19.0 Å². The molecule has 0 unspecified atom stereocenters. The molecule has 1 amide bonds. The van der Waals surface area contributed by atoms with E-state index in [-0.39, 0.29) is 23.9 Å². The van der Waals surface area contributed by atoms with Gasteiger partial charge in [0, 0.05) is 5.02 Å². The van der Waals surface area contributed by atoms with Gasteiger partial charge in [-0.25, -0.2) is 4.99 Å². The number of nitrogens with zero attached hydrogens (tertiary/aromatic N) is 1. The third-order valence-corrected chi connectivity index (χ3v) is 2.89. The summed E-state index contributed by atoms with van der Waals surface area (Å²) in [6, 6.07) is 13.8. The molecule has 0 fully saturated rings. The molecule has 0 aromatic heterocycles. The molecule has 0 radical (unpaired) electrons. The number of rotatable bonds is 3. The molecule has 116 valence electrons. The molecule has 0 atom stereocenters.